The summed E-state index contributed by atoms with van der Waals surface area (Å²) in [4.78, 5) is 33.6. The lowest BCUT2D eigenvalue weighted by atomic mass is 10.1. The molecule has 1 rings (SSSR count). The van der Waals surface area contributed by atoms with Crippen molar-refractivity contribution >= 4 is 23.3 Å². The third-order valence-electron chi connectivity index (χ3n) is 3.11. The molecule has 8 nitrogen and oxygen atoms in total. The number of hydrogen-bond acceptors (Lipinski definition) is 6. The minimum Gasteiger partial charge on any atom is -0.454 e. The van der Waals surface area contributed by atoms with Crippen molar-refractivity contribution in [2.45, 2.75) is 45.5 Å². The van der Waals surface area contributed by atoms with Crippen molar-refractivity contribution in [3.05, 3.63) is 33.9 Å². The molecule has 0 bridgehead atoms. The van der Waals surface area contributed by atoms with Crippen LogP contribution in [-0.2, 0) is 20.5 Å². The second kappa shape index (κ2) is 8.23. The van der Waals surface area contributed by atoms with Gasteiger partial charge in [-0.1, -0.05) is 0 Å². The zero-order valence-electron chi connectivity index (χ0n) is 15.1. The third-order valence-corrected chi connectivity index (χ3v) is 3.11. The van der Waals surface area contributed by atoms with E-state index in [0.717, 1.165) is 6.07 Å². The SMILES string of the molecule is C[C@H](Nc1ccc(C(F)(F)F)cc1[N+](=O)[O-])C(=O)OCC(=O)NC(C)(C)C. The number of rotatable bonds is 6. The normalized spacial score (nSPS) is 12.9. The molecule has 0 spiro atoms. The minimum absolute atomic E-state index is 0.281. The first kappa shape index (κ1) is 22.2. The number of amides is 1. The molecule has 0 saturated heterocycles. The maximum absolute atomic E-state index is 12.7. The van der Waals surface area contributed by atoms with Gasteiger partial charge in [0.05, 0.1) is 10.5 Å². The van der Waals surface area contributed by atoms with Crippen LogP contribution in [0.3, 0.4) is 0 Å². The number of ether oxygens (including phenoxy) is 1. The number of anilines is 1. The average Bonchev–Trinajstić information content (AvgIpc) is 2.49. The molecule has 0 aliphatic rings. The largest absolute Gasteiger partial charge is 0.454 e. The number of carbonyl (C=O) groups excluding carboxylic acids is 2. The number of nitro groups is 1. The molecule has 27 heavy (non-hydrogen) atoms. The van der Waals surface area contributed by atoms with Crippen LogP contribution < -0.4 is 10.6 Å². The van der Waals surface area contributed by atoms with Crippen molar-refractivity contribution in [2.75, 3.05) is 11.9 Å². The topological polar surface area (TPSA) is 111 Å². The Kier molecular flexibility index (Phi) is 6.76. The van der Waals surface area contributed by atoms with E-state index in [1.54, 1.807) is 20.8 Å². The Bertz CT molecular complexity index is 729. The van der Waals surface area contributed by atoms with Crippen LogP contribution in [-0.4, -0.2) is 35.0 Å². The lowest BCUT2D eigenvalue weighted by Crippen LogP contribution is -2.43. The van der Waals surface area contributed by atoms with E-state index in [4.69, 9.17) is 4.74 Å². The number of nitrogens with one attached hydrogen (secondary N) is 2. The molecule has 0 radical (unpaired) electrons. The molecule has 0 fully saturated rings. The van der Waals surface area contributed by atoms with Crippen LogP contribution in [0.15, 0.2) is 18.2 Å². The fraction of sp³-hybridized carbons (Fsp3) is 0.500. The predicted molar refractivity (Wildman–Crippen MR) is 90.0 cm³/mol. The summed E-state index contributed by atoms with van der Waals surface area (Å²) in [6.45, 7) is 5.95. The van der Waals surface area contributed by atoms with Gasteiger partial charge in [0.25, 0.3) is 11.6 Å². The number of alkyl halides is 3. The highest BCUT2D eigenvalue weighted by molar-refractivity contribution is 5.84. The van der Waals surface area contributed by atoms with Gasteiger partial charge in [-0.25, -0.2) is 4.79 Å². The molecule has 1 amide bonds. The van der Waals surface area contributed by atoms with Gasteiger partial charge in [0, 0.05) is 11.6 Å². The molecule has 2 N–H and O–H groups in total. The zero-order chi connectivity index (χ0) is 21.0. The number of halogens is 3. The summed E-state index contributed by atoms with van der Waals surface area (Å²) < 4.78 is 42.9. The molecule has 1 atom stereocenters. The second-order valence-corrected chi connectivity index (χ2v) is 6.76. The molecule has 0 saturated carbocycles. The molecule has 1 aromatic carbocycles. The Morgan fingerprint density at radius 1 is 1.26 bits per heavy atom. The van der Waals surface area contributed by atoms with Crippen LogP contribution in [0.25, 0.3) is 0 Å². The van der Waals surface area contributed by atoms with Gasteiger partial charge in [0.15, 0.2) is 6.61 Å². The highest BCUT2D eigenvalue weighted by Gasteiger charge is 2.33. The Morgan fingerprint density at radius 3 is 2.33 bits per heavy atom. The van der Waals surface area contributed by atoms with Crippen LogP contribution in [0.5, 0.6) is 0 Å². The first-order chi connectivity index (χ1) is 12.2. The first-order valence-corrected chi connectivity index (χ1v) is 7.80. The predicted octanol–water partition coefficient (Wildman–Crippen LogP) is 2.87. The van der Waals surface area contributed by atoms with Crippen molar-refractivity contribution in [2.24, 2.45) is 0 Å². The van der Waals surface area contributed by atoms with Crippen molar-refractivity contribution in [1.29, 1.82) is 0 Å². The summed E-state index contributed by atoms with van der Waals surface area (Å²) in [5.74, 6) is -1.43. The average molecular weight is 391 g/mol. The molecule has 0 heterocycles. The van der Waals surface area contributed by atoms with Gasteiger partial charge in [-0.15, -0.1) is 0 Å². The number of nitro benzene ring substituents is 1. The van der Waals surface area contributed by atoms with Gasteiger partial charge in [-0.3, -0.25) is 14.9 Å². The van der Waals surface area contributed by atoms with Gasteiger partial charge in [0.1, 0.15) is 11.7 Å². The molecule has 11 heteroatoms. The molecule has 0 aliphatic heterocycles. The highest BCUT2D eigenvalue weighted by Crippen LogP contribution is 2.35. The molecule has 1 aromatic rings. The van der Waals surface area contributed by atoms with E-state index in [9.17, 15) is 32.9 Å². The lowest BCUT2D eigenvalue weighted by Gasteiger charge is -2.21. The van der Waals surface area contributed by atoms with Gasteiger partial charge in [-0.05, 0) is 39.8 Å². The fourth-order valence-electron chi connectivity index (χ4n) is 1.99. The smallest absolute Gasteiger partial charge is 0.416 e. The minimum atomic E-state index is -4.74. The zero-order valence-corrected chi connectivity index (χ0v) is 15.1. The summed E-state index contributed by atoms with van der Waals surface area (Å²) in [6.07, 6.45) is -4.74. The van der Waals surface area contributed by atoms with Crippen LogP contribution in [0.2, 0.25) is 0 Å². The Labute approximate surface area is 153 Å². The first-order valence-electron chi connectivity index (χ1n) is 7.80. The number of nitrogens with zero attached hydrogens (tertiary/aromatic N) is 1. The Balaban J connectivity index is 2.81. The maximum Gasteiger partial charge on any atom is 0.416 e. The fourth-order valence-corrected chi connectivity index (χ4v) is 1.99. The van der Waals surface area contributed by atoms with E-state index >= 15 is 0 Å². The second-order valence-electron chi connectivity index (χ2n) is 6.76. The lowest BCUT2D eigenvalue weighted by molar-refractivity contribution is -0.384. The van der Waals surface area contributed by atoms with E-state index in [2.05, 4.69) is 10.6 Å². The standard InChI is InChI=1S/C16H20F3N3O5/c1-9(14(24)27-8-13(23)21-15(2,3)4)20-11-6-5-10(16(17,18)19)7-12(11)22(25)26/h5-7,9,20H,8H2,1-4H3,(H,21,23)/t9-/m0/s1. The molecular formula is C16H20F3N3O5. The van der Waals surface area contributed by atoms with Crippen molar-refractivity contribution in [3.8, 4) is 0 Å². The number of benzene rings is 1. The Morgan fingerprint density at radius 2 is 1.85 bits per heavy atom. The number of esters is 1. The monoisotopic (exact) mass is 391 g/mol. The van der Waals surface area contributed by atoms with Crippen LogP contribution in [0.1, 0.15) is 33.3 Å². The summed E-state index contributed by atoms with van der Waals surface area (Å²) in [5.41, 5.74) is -2.82. The quantitative estimate of drug-likeness (QED) is 0.438. The molecular weight excluding hydrogens is 371 g/mol. The van der Waals surface area contributed by atoms with Crippen LogP contribution in [0, 0.1) is 10.1 Å². The van der Waals surface area contributed by atoms with Crippen LogP contribution in [0.4, 0.5) is 24.5 Å². The maximum atomic E-state index is 12.7. The van der Waals surface area contributed by atoms with E-state index in [0.29, 0.717) is 12.1 Å². The van der Waals surface area contributed by atoms with Gasteiger partial charge in [-0.2, -0.15) is 13.2 Å². The van der Waals surface area contributed by atoms with Crippen molar-refractivity contribution in [1.82, 2.24) is 5.32 Å². The highest BCUT2D eigenvalue weighted by atomic mass is 19.4. The molecule has 0 unspecified atom stereocenters. The summed E-state index contributed by atoms with van der Waals surface area (Å²) in [6, 6.07) is 0.751. The van der Waals surface area contributed by atoms with E-state index in [-0.39, 0.29) is 5.69 Å². The van der Waals surface area contributed by atoms with E-state index < -0.39 is 52.4 Å². The van der Waals surface area contributed by atoms with Crippen molar-refractivity contribution in [3.63, 3.8) is 0 Å². The summed E-state index contributed by atoms with van der Waals surface area (Å²) in [5, 5.41) is 16.0. The summed E-state index contributed by atoms with van der Waals surface area (Å²) >= 11 is 0. The van der Waals surface area contributed by atoms with Gasteiger partial charge < -0.3 is 15.4 Å². The molecule has 0 aliphatic carbocycles. The third kappa shape index (κ3) is 7.12. The van der Waals surface area contributed by atoms with Gasteiger partial charge >= 0.3 is 12.1 Å². The molecule has 0 aromatic heterocycles. The van der Waals surface area contributed by atoms with Crippen LogP contribution >= 0.6 is 0 Å². The Hall–Kier alpha value is -2.85. The van der Waals surface area contributed by atoms with Gasteiger partial charge in [0.2, 0.25) is 0 Å². The molecule has 150 valence electrons. The number of carbonyl (C=O) groups is 2. The van der Waals surface area contributed by atoms with E-state index in [1.807, 2.05) is 0 Å². The number of hydrogen-bond donors (Lipinski definition) is 2. The summed E-state index contributed by atoms with van der Waals surface area (Å²) in [7, 11) is 0. The van der Waals surface area contributed by atoms with Crippen molar-refractivity contribution < 1.29 is 32.4 Å². The van der Waals surface area contributed by atoms with E-state index in [1.165, 1.54) is 6.92 Å².